The Balaban J connectivity index is 0.000000546. The third-order valence-electron chi connectivity index (χ3n) is 5.19. The molecule has 0 bridgehead atoms. The van der Waals surface area contributed by atoms with E-state index in [1.165, 1.54) is 49.7 Å². The summed E-state index contributed by atoms with van der Waals surface area (Å²) in [7, 11) is 2.21. The van der Waals surface area contributed by atoms with Gasteiger partial charge in [0.25, 0.3) is 0 Å². The lowest BCUT2D eigenvalue weighted by Crippen LogP contribution is -2.37. The van der Waals surface area contributed by atoms with Crippen LogP contribution in [-0.4, -0.2) is 57.4 Å². The normalized spacial score (nSPS) is 17.8. The lowest BCUT2D eigenvalue weighted by Gasteiger charge is -2.35. The van der Waals surface area contributed by atoms with Crippen molar-refractivity contribution in [1.82, 2.24) is 9.88 Å². The first-order valence-electron chi connectivity index (χ1n) is 10.0. The number of halogens is 1. The molecule has 2 aromatic rings. The molecule has 2 heterocycles. The van der Waals surface area contributed by atoms with E-state index >= 15 is 0 Å². The Morgan fingerprint density at radius 2 is 1.84 bits per heavy atom. The fourth-order valence-electron chi connectivity index (χ4n) is 3.62. The van der Waals surface area contributed by atoms with Crippen LogP contribution in [0.1, 0.15) is 48.5 Å². The monoisotopic (exact) mass is 468 g/mol. The fourth-order valence-corrected chi connectivity index (χ4v) is 3.62. The summed E-state index contributed by atoms with van der Waals surface area (Å²) in [5, 5.41) is 25.3. The summed E-state index contributed by atoms with van der Waals surface area (Å²) in [6.07, 6.45) is 4.83. The van der Waals surface area contributed by atoms with Gasteiger partial charge in [0.2, 0.25) is 0 Å². The lowest BCUT2D eigenvalue weighted by molar-refractivity contribution is 0.0696. The van der Waals surface area contributed by atoms with Crippen molar-refractivity contribution in [3.63, 3.8) is 0 Å². The second-order valence-electron chi connectivity index (χ2n) is 7.49. The zero-order valence-electron chi connectivity index (χ0n) is 18.4. The number of rotatable bonds is 3. The number of benzene rings is 1. The Morgan fingerprint density at radius 3 is 2.34 bits per heavy atom. The molecule has 1 aliphatic heterocycles. The van der Waals surface area contributed by atoms with Crippen LogP contribution in [0.4, 0.5) is 10.6 Å². The smallest absolute Gasteiger partial charge is 0.402 e. The van der Waals surface area contributed by atoms with Crippen molar-refractivity contribution in [3.05, 3.63) is 53.7 Å². The highest BCUT2D eigenvalue weighted by Crippen LogP contribution is 2.37. The Bertz CT molecular complexity index is 846. The number of amides is 1. The molecule has 0 radical (unpaired) electrons. The van der Waals surface area contributed by atoms with E-state index in [0.29, 0.717) is 11.6 Å². The van der Waals surface area contributed by atoms with Gasteiger partial charge in [-0.3, -0.25) is 0 Å². The number of likely N-dealkylation sites (tertiary alicyclic amines) is 1. The van der Waals surface area contributed by atoms with Crippen LogP contribution < -0.4 is 11.5 Å². The minimum atomic E-state index is -1.33. The number of phenols is 1. The van der Waals surface area contributed by atoms with Gasteiger partial charge in [-0.15, -0.1) is 12.4 Å². The van der Waals surface area contributed by atoms with Crippen molar-refractivity contribution in [1.29, 1.82) is 0 Å². The first-order valence-corrected chi connectivity index (χ1v) is 10.0. The summed E-state index contributed by atoms with van der Waals surface area (Å²) in [6.45, 7) is 4.57. The summed E-state index contributed by atoms with van der Waals surface area (Å²) in [4.78, 5) is 25.0. The van der Waals surface area contributed by atoms with Gasteiger partial charge in [0.05, 0.1) is 5.56 Å². The molecule has 9 nitrogen and oxygen atoms in total. The topological polar surface area (TPSA) is 163 Å². The molecule has 1 aromatic heterocycles. The number of carbonyl (C=O) groups is 2. The molecule has 1 unspecified atom stereocenters. The van der Waals surface area contributed by atoms with Crippen LogP contribution in [0.25, 0.3) is 0 Å². The Kier molecular flexibility index (Phi) is 12.8. The van der Waals surface area contributed by atoms with Crippen molar-refractivity contribution >= 4 is 30.3 Å². The Hall–Kier alpha value is -3.04. The first-order chi connectivity index (χ1) is 14.6. The maximum atomic E-state index is 10.2. The largest absolute Gasteiger partial charge is 0.508 e. The summed E-state index contributed by atoms with van der Waals surface area (Å²) in [5.41, 5.74) is 10.9. The average Bonchev–Trinajstić information content (AvgIpc) is 2.90. The van der Waals surface area contributed by atoms with E-state index < -0.39 is 12.1 Å². The molecule has 0 aliphatic carbocycles. The molecule has 1 aromatic carbocycles. The van der Waals surface area contributed by atoms with E-state index in [0.717, 1.165) is 13.0 Å². The number of aromatic nitrogens is 1. The molecule has 10 heteroatoms. The van der Waals surface area contributed by atoms with E-state index in [1.807, 2.05) is 12.1 Å². The standard InChI is InChI=1S/C15H23NO.C6H6N2O2.CH3NO2.ClH/c1-3-15(9-4-5-10-16(2)12-15)13-7-6-8-14(17)11-13;7-5-2-1-4(3-8-5)6(9)10;2-1(3)4;/h6-8,11,17H,3-5,9-10,12H2,1-2H3;1-3H,(H2,7,8)(H,9,10);2H2,(H,3,4);1H. The summed E-state index contributed by atoms with van der Waals surface area (Å²) < 4.78 is 0. The number of aromatic hydroxyl groups is 1. The number of phenolic OH excluding ortho intramolecular Hbond substituents is 1. The van der Waals surface area contributed by atoms with Gasteiger partial charge in [0.15, 0.2) is 0 Å². The van der Waals surface area contributed by atoms with Crippen LogP contribution in [0.5, 0.6) is 5.75 Å². The highest BCUT2D eigenvalue weighted by molar-refractivity contribution is 5.87. The molecule has 1 saturated heterocycles. The second kappa shape index (κ2) is 14.1. The molecule has 178 valence electrons. The third kappa shape index (κ3) is 9.84. The molecule has 1 fully saturated rings. The molecule has 1 atom stereocenters. The SMILES string of the molecule is CCC1(c2cccc(O)c2)CCCCN(C)C1.Cl.NC(=O)O.Nc1ccc(C(=O)O)cn1. The molecule has 1 amide bonds. The van der Waals surface area contributed by atoms with Crippen LogP contribution in [0, 0.1) is 0 Å². The molecule has 1 aliphatic rings. The zero-order chi connectivity index (χ0) is 23.4. The zero-order valence-corrected chi connectivity index (χ0v) is 19.2. The van der Waals surface area contributed by atoms with Gasteiger partial charge in [0, 0.05) is 18.2 Å². The number of primary amides is 1. The van der Waals surface area contributed by atoms with Crippen LogP contribution in [-0.2, 0) is 5.41 Å². The van der Waals surface area contributed by atoms with E-state index in [2.05, 4.69) is 35.7 Å². The summed E-state index contributed by atoms with van der Waals surface area (Å²) >= 11 is 0. The number of nitrogens with zero attached hydrogens (tertiary/aromatic N) is 2. The number of hydrogen-bond acceptors (Lipinski definition) is 6. The molecular weight excluding hydrogens is 436 g/mol. The number of likely N-dealkylation sites (N-methyl/N-ethyl adjacent to an activating group) is 1. The number of carboxylic acid groups (broad SMARTS) is 2. The minimum absolute atomic E-state index is 0. The highest BCUT2D eigenvalue weighted by Gasteiger charge is 2.33. The van der Waals surface area contributed by atoms with Gasteiger partial charge in [-0.25, -0.2) is 14.6 Å². The molecule has 0 saturated carbocycles. The highest BCUT2D eigenvalue weighted by atomic mass is 35.5. The van der Waals surface area contributed by atoms with E-state index in [9.17, 15) is 9.90 Å². The number of nitrogen functional groups attached to an aromatic ring is 1. The lowest BCUT2D eigenvalue weighted by atomic mass is 9.74. The van der Waals surface area contributed by atoms with Gasteiger partial charge < -0.3 is 31.7 Å². The number of hydrogen-bond donors (Lipinski definition) is 5. The predicted molar refractivity (Wildman–Crippen MR) is 126 cm³/mol. The number of pyridine rings is 1. The van der Waals surface area contributed by atoms with Crippen molar-refractivity contribution < 1.29 is 24.9 Å². The van der Waals surface area contributed by atoms with E-state index in [-0.39, 0.29) is 23.4 Å². The summed E-state index contributed by atoms with van der Waals surface area (Å²) in [6, 6.07) is 10.7. The quantitative estimate of drug-likeness (QED) is 0.456. The molecular formula is C22H33ClN4O5. The van der Waals surface area contributed by atoms with Crippen molar-refractivity contribution in [2.75, 3.05) is 25.9 Å². The minimum Gasteiger partial charge on any atom is -0.508 e. The second-order valence-corrected chi connectivity index (χ2v) is 7.49. The Morgan fingerprint density at radius 1 is 1.19 bits per heavy atom. The summed E-state index contributed by atoms with van der Waals surface area (Å²) in [5.74, 6) is -0.278. The van der Waals surface area contributed by atoms with Crippen LogP contribution in [0.3, 0.4) is 0 Å². The molecule has 32 heavy (non-hydrogen) atoms. The fraction of sp³-hybridized carbons (Fsp3) is 0.409. The predicted octanol–water partition coefficient (Wildman–Crippen LogP) is 3.56. The van der Waals surface area contributed by atoms with E-state index in [1.54, 1.807) is 6.07 Å². The van der Waals surface area contributed by atoms with Gasteiger partial charge in [-0.05, 0) is 62.7 Å². The third-order valence-corrected chi connectivity index (χ3v) is 5.19. The maximum Gasteiger partial charge on any atom is 0.402 e. The van der Waals surface area contributed by atoms with Crippen LogP contribution in [0.2, 0.25) is 0 Å². The van der Waals surface area contributed by atoms with Crippen LogP contribution >= 0.6 is 12.4 Å². The van der Waals surface area contributed by atoms with Gasteiger partial charge in [-0.2, -0.15) is 0 Å². The average molecular weight is 469 g/mol. The van der Waals surface area contributed by atoms with Crippen LogP contribution in [0.15, 0.2) is 42.6 Å². The number of anilines is 1. The Labute approximate surface area is 194 Å². The van der Waals surface area contributed by atoms with Gasteiger partial charge in [0.1, 0.15) is 11.6 Å². The molecule has 0 spiro atoms. The van der Waals surface area contributed by atoms with Gasteiger partial charge in [-0.1, -0.05) is 25.5 Å². The number of carboxylic acids is 1. The molecule has 7 N–H and O–H groups in total. The van der Waals surface area contributed by atoms with Crippen molar-refractivity contribution in [2.24, 2.45) is 5.73 Å². The molecule has 3 rings (SSSR count). The number of nitrogens with two attached hydrogens (primary N) is 2. The van der Waals surface area contributed by atoms with Crippen molar-refractivity contribution in [2.45, 2.75) is 38.0 Å². The number of aromatic carboxylic acids is 1. The first kappa shape index (κ1) is 29.0. The van der Waals surface area contributed by atoms with E-state index in [4.69, 9.17) is 20.7 Å². The van der Waals surface area contributed by atoms with Crippen molar-refractivity contribution in [3.8, 4) is 5.75 Å². The van der Waals surface area contributed by atoms with Gasteiger partial charge >= 0.3 is 12.1 Å². The maximum absolute atomic E-state index is 10.2.